The van der Waals surface area contributed by atoms with E-state index in [1.807, 2.05) is 6.07 Å². The van der Waals surface area contributed by atoms with Gasteiger partial charge in [-0.2, -0.15) is 0 Å². The number of anilines is 1. The molecule has 0 spiro atoms. The summed E-state index contributed by atoms with van der Waals surface area (Å²) < 4.78 is 28.5. The van der Waals surface area contributed by atoms with Gasteiger partial charge in [0.25, 0.3) is 0 Å². The van der Waals surface area contributed by atoms with Crippen molar-refractivity contribution in [3.05, 3.63) is 23.8 Å². The van der Waals surface area contributed by atoms with Crippen molar-refractivity contribution in [2.24, 2.45) is 5.14 Å². The summed E-state index contributed by atoms with van der Waals surface area (Å²) in [6.45, 7) is 1.74. The Morgan fingerprint density at radius 3 is 2.75 bits per heavy atom. The van der Waals surface area contributed by atoms with Crippen molar-refractivity contribution in [1.29, 1.82) is 0 Å². The first-order chi connectivity index (χ1) is 9.40. The van der Waals surface area contributed by atoms with Crippen LogP contribution in [0.15, 0.2) is 23.1 Å². The molecule has 0 radical (unpaired) electrons. The predicted octanol–water partition coefficient (Wildman–Crippen LogP) is 2.01. The van der Waals surface area contributed by atoms with Gasteiger partial charge in [0, 0.05) is 18.8 Å². The summed E-state index contributed by atoms with van der Waals surface area (Å²) in [7, 11) is -1.94. The van der Waals surface area contributed by atoms with Gasteiger partial charge in [-0.15, -0.1) is 0 Å². The number of primary sulfonamides is 1. The second-order valence-electron chi connectivity index (χ2n) is 5.39. The SMILES string of the molecule is COC1CCCC(Nc2ccc(C)c(S(N)(=O)=O)c2)C1. The Labute approximate surface area is 120 Å². The van der Waals surface area contributed by atoms with Crippen LogP contribution in [0.1, 0.15) is 31.2 Å². The lowest BCUT2D eigenvalue weighted by atomic mass is 9.92. The van der Waals surface area contributed by atoms with E-state index in [1.165, 1.54) is 0 Å². The third kappa shape index (κ3) is 3.71. The Balaban J connectivity index is 2.14. The van der Waals surface area contributed by atoms with Gasteiger partial charge in [0.15, 0.2) is 0 Å². The summed E-state index contributed by atoms with van der Waals surface area (Å²) in [4.78, 5) is 0.182. The smallest absolute Gasteiger partial charge is 0.238 e. The largest absolute Gasteiger partial charge is 0.382 e. The van der Waals surface area contributed by atoms with Crippen LogP contribution in [-0.4, -0.2) is 27.7 Å². The molecule has 1 saturated carbocycles. The highest BCUT2D eigenvalue weighted by atomic mass is 32.2. The van der Waals surface area contributed by atoms with E-state index in [9.17, 15) is 8.42 Å². The molecule has 2 unspecified atom stereocenters. The quantitative estimate of drug-likeness (QED) is 0.891. The average molecular weight is 298 g/mol. The number of nitrogens with one attached hydrogen (secondary N) is 1. The lowest BCUT2D eigenvalue weighted by Gasteiger charge is -2.29. The maximum absolute atomic E-state index is 11.5. The van der Waals surface area contributed by atoms with Gasteiger partial charge in [-0.25, -0.2) is 13.6 Å². The molecule has 0 aromatic heterocycles. The number of nitrogens with two attached hydrogens (primary N) is 1. The average Bonchev–Trinajstić information content (AvgIpc) is 2.40. The van der Waals surface area contributed by atoms with Crippen LogP contribution >= 0.6 is 0 Å². The van der Waals surface area contributed by atoms with E-state index >= 15 is 0 Å². The Morgan fingerprint density at radius 1 is 1.35 bits per heavy atom. The fraction of sp³-hybridized carbons (Fsp3) is 0.571. The molecule has 1 aliphatic rings. The number of sulfonamides is 1. The van der Waals surface area contributed by atoms with Gasteiger partial charge in [0.05, 0.1) is 11.0 Å². The minimum absolute atomic E-state index is 0.182. The van der Waals surface area contributed by atoms with Crippen LogP contribution in [-0.2, 0) is 14.8 Å². The second kappa shape index (κ2) is 6.11. The Hall–Kier alpha value is -1.11. The molecule has 2 rings (SSSR count). The highest BCUT2D eigenvalue weighted by Crippen LogP contribution is 2.25. The maximum atomic E-state index is 11.5. The summed E-state index contributed by atoms with van der Waals surface area (Å²) in [5.74, 6) is 0. The Kier molecular flexibility index (Phi) is 4.67. The van der Waals surface area contributed by atoms with Crippen LogP contribution in [0.3, 0.4) is 0 Å². The van der Waals surface area contributed by atoms with E-state index < -0.39 is 10.0 Å². The van der Waals surface area contributed by atoms with Crippen molar-refractivity contribution >= 4 is 15.7 Å². The molecule has 1 fully saturated rings. The number of ether oxygens (including phenoxy) is 1. The van der Waals surface area contributed by atoms with Gasteiger partial charge < -0.3 is 10.1 Å². The number of benzene rings is 1. The van der Waals surface area contributed by atoms with Crippen molar-refractivity contribution in [2.45, 2.75) is 49.6 Å². The van der Waals surface area contributed by atoms with Gasteiger partial charge >= 0.3 is 0 Å². The molecule has 1 aliphatic carbocycles. The molecule has 0 bridgehead atoms. The molecule has 0 amide bonds. The standard InChI is InChI=1S/C14H22N2O3S/c1-10-6-7-12(9-14(10)20(15,17)18)16-11-4-3-5-13(8-11)19-2/h6-7,9,11,13,16H,3-5,8H2,1-2H3,(H2,15,17,18). The first-order valence-electron chi connectivity index (χ1n) is 6.83. The van der Waals surface area contributed by atoms with Gasteiger partial charge in [0.1, 0.15) is 0 Å². The molecule has 1 aromatic carbocycles. The molecule has 1 aromatic rings. The minimum Gasteiger partial charge on any atom is -0.382 e. The van der Waals surface area contributed by atoms with Crippen LogP contribution in [0.5, 0.6) is 0 Å². The number of methoxy groups -OCH3 is 1. The zero-order valence-electron chi connectivity index (χ0n) is 11.9. The van der Waals surface area contributed by atoms with Crippen LogP contribution in [0.25, 0.3) is 0 Å². The monoisotopic (exact) mass is 298 g/mol. The van der Waals surface area contributed by atoms with E-state index in [-0.39, 0.29) is 11.0 Å². The van der Waals surface area contributed by atoms with Crippen molar-refractivity contribution < 1.29 is 13.2 Å². The van der Waals surface area contributed by atoms with Crippen LogP contribution in [0.4, 0.5) is 5.69 Å². The van der Waals surface area contributed by atoms with E-state index in [4.69, 9.17) is 9.88 Å². The number of aryl methyl sites for hydroxylation is 1. The molecule has 20 heavy (non-hydrogen) atoms. The summed E-state index contributed by atoms with van der Waals surface area (Å²) in [5.41, 5.74) is 1.46. The van der Waals surface area contributed by atoms with E-state index in [2.05, 4.69) is 5.32 Å². The number of rotatable bonds is 4. The van der Waals surface area contributed by atoms with Crippen LogP contribution < -0.4 is 10.5 Å². The molecular weight excluding hydrogens is 276 g/mol. The van der Waals surface area contributed by atoms with Gasteiger partial charge in [-0.1, -0.05) is 6.07 Å². The zero-order valence-corrected chi connectivity index (χ0v) is 12.7. The number of hydrogen-bond acceptors (Lipinski definition) is 4. The summed E-state index contributed by atoms with van der Waals surface area (Å²) >= 11 is 0. The maximum Gasteiger partial charge on any atom is 0.238 e. The van der Waals surface area contributed by atoms with Crippen molar-refractivity contribution in [3.63, 3.8) is 0 Å². The molecule has 6 heteroatoms. The Bertz CT molecular complexity index is 572. The summed E-state index contributed by atoms with van der Waals surface area (Å²) in [6, 6.07) is 5.59. The molecule has 2 atom stereocenters. The molecule has 0 heterocycles. The van der Waals surface area contributed by atoms with Crippen molar-refractivity contribution in [3.8, 4) is 0 Å². The summed E-state index contributed by atoms with van der Waals surface area (Å²) in [5, 5.41) is 8.61. The van der Waals surface area contributed by atoms with Crippen molar-refractivity contribution in [2.75, 3.05) is 12.4 Å². The fourth-order valence-electron chi connectivity index (χ4n) is 2.72. The van der Waals surface area contributed by atoms with Gasteiger partial charge in [0.2, 0.25) is 10.0 Å². The zero-order chi connectivity index (χ0) is 14.8. The highest BCUT2D eigenvalue weighted by Gasteiger charge is 2.22. The lowest BCUT2D eigenvalue weighted by Crippen LogP contribution is -2.31. The first-order valence-corrected chi connectivity index (χ1v) is 8.37. The topological polar surface area (TPSA) is 81.4 Å². The lowest BCUT2D eigenvalue weighted by molar-refractivity contribution is 0.0669. The highest BCUT2D eigenvalue weighted by molar-refractivity contribution is 7.89. The van der Waals surface area contributed by atoms with Crippen molar-refractivity contribution in [1.82, 2.24) is 0 Å². The van der Waals surface area contributed by atoms with Gasteiger partial charge in [-0.3, -0.25) is 0 Å². The molecule has 5 nitrogen and oxygen atoms in total. The first kappa shape index (κ1) is 15.3. The van der Waals surface area contributed by atoms with Crippen LogP contribution in [0, 0.1) is 6.92 Å². The van der Waals surface area contributed by atoms with Gasteiger partial charge in [-0.05, 0) is 50.3 Å². The third-order valence-corrected chi connectivity index (χ3v) is 4.88. The third-order valence-electron chi connectivity index (χ3n) is 3.82. The van der Waals surface area contributed by atoms with Crippen LogP contribution in [0.2, 0.25) is 0 Å². The molecule has 3 N–H and O–H groups in total. The summed E-state index contributed by atoms with van der Waals surface area (Å²) in [6.07, 6.45) is 4.49. The van der Waals surface area contributed by atoms with E-state index in [0.29, 0.717) is 11.6 Å². The molecule has 112 valence electrons. The second-order valence-corrected chi connectivity index (χ2v) is 6.92. The fourth-order valence-corrected chi connectivity index (χ4v) is 3.53. The normalized spacial score (nSPS) is 23.6. The van der Waals surface area contributed by atoms with E-state index in [1.54, 1.807) is 26.2 Å². The van der Waals surface area contributed by atoms with E-state index in [0.717, 1.165) is 31.4 Å². The molecule has 0 aliphatic heterocycles. The minimum atomic E-state index is -3.68. The Morgan fingerprint density at radius 2 is 2.10 bits per heavy atom. The molecule has 0 saturated heterocycles. The predicted molar refractivity (Wildman–Crippen MR) is 79.2 cm³/mol. The number of hydrogen-bond donors (Lipinski definition) is 2. The molecular formula is C14H22N2O3S.